The molecule has 0 bridgehead atoms. The third-order valence-corrected chi connectivity index (χ3v) is 5.10. The lowest BCUT2D eigenvalue weighted by Crippen LogP contribution is -2.49. The number of aliphatic hydroxyl groups is 1. The average molecular weight is 311 g/mol. The molecule has 5 nitrogen and oxygen atoms in total. The van der Waals surface area contributed by atoms with Gasteiger partial charge in [0.1, 0.15) is 0 Å². The van der Waals surface area contributed by atoms with E-state index in [4.69, 9.17) is 0 Å². The summed E-state index contributed by atoms with van der Waals surface area (Å²) in [6, 6.07) is 0.571. The van der Waals surface area contributed by atoms with Crippen LogP contribution in [0.4, 0.5) is 4.79 Å². The number of nitrogens with zero attached hydrogens (tertiary/aromatic N) is 2. The molecule has 2 fully saturated rings. The zero-order valence-electron chi connectivity index (χ0n) is 14.4. The second kappa shape index (κ2) is 8.16. The van der Waals surface area contributed by atoms with Crippen LogP contribution in [0.15, 0.2) is 0 Å². The summed E-state index contributed by atoms with van der Waals surface area (Å²) in [5, 5.41) is 12.7. The number of carbonyl (C=O) groups is 1. The van der Waals surface area contributed by atoms with E-state index in [0.29, 0.717) is 17.9 Å². The third-order valence-electron chi connectivity index (χ3n) is 5.10. The van der Waals surface area contributed by atoms with Gasteiger partial charge in [-0.2, -0.15) is 0 Å². The van der Waals surface area contributed by atoms with Gasteiger partial charge < -0.3 is 15.3 Å². The maximum atomic E-state index is 12.3. The molecule has 2 heterocycles. The lowest BCUT2D eigenvalue weighted by Gasteiger charge is -2.34. The van der Waals surface area contributed by atoms with E-state index in [2.05, 4.69) is 24.1 Å². The highest BCUT2D eigenvalue weighted by Crippen LogP contribution is 2.21. The first-order valence-electron chi connectivity index (χ1n) is 8.92. The molecular weight excluding hydrogens is 278 g/mol. The van der Waals surface area contributed by atoms with E-state index in [9.17, 15) is 9.90 Å². The molecular formula is C17H33N3O2. The molecule has 5 heteroatoms. The molecule has 1 unspecified atom stereocenters. The minimum Gasteiger partial charge on any atom is -0.393 e. The summed E-state index contributed by atoms with van der Waals surface area (Å²) in [6.07, 6.45) is 4.00. The lowest BCUT2D eigenvalue weighted by atomic mass is 9.92. The molecule has 0 spiro atoms. The Hall–Kier alpha value is -0.810. The molecule has 2 aliphatic heterocycles. The summed E-state index contributed by atoms with van der Waals surface area (Å²) in [5.41, 5.74) is 0. The van der Waals surface area contributed by atoms with E-state index >= 15 is 0 Å². The van der Waals surface area contributed by atoms with Crippen LogP contribution in [0.3, 0.4) is 0 Å². The van der Waals surface area contributed by atoms with E-state index in [1.165, 1.54) is 19.4 Å². The number of carbonyl (C=O) groups excluding carboxylic acids is 1. The van der Waals surface area contributed by atoms with Crippen molar-refractivity contribution in [3.05, 3.63) is 0 Å². The van der Waals surface area contributed by atoms with Gasteiger partial charge in [0.25, 0.3) is 0 Å². The predicted molar refractivity (Wildman–Crippen MR) is 88.8 cm³/mol. The number of hydrogen-bond donors (Lipinski definition) is 2. The lowest BCUT2D eigenvalue weighted by molar-refractivity contribution is 0.0794. The van der Waals surface area contributed by atoms with Gasteiger partial charge in [0.05, 0.1) is 6.10 Å². The van der Waals surface area contributed by atoms with E-state index < -0.39 is 0 Å². The molecule has 2 N–H and O–H groups in total. The molecule has 0 aromatic rings. The molecule has 2 atom stereocenters. The highest BCUT2D eigenvalue weighted by atomic mass is 16.3. The van der Waals surface area contributed by atoms with Crippen molar-refractivity contribution in [1.29, 1.82) is 0 Å². The van der Waals surface area contributed by atoms with Crippen molar-refractivity contribution in [1.82, 2.24) is 15.1 Å². The number of nitrogens with one attached hydrogen (secondary N) is 1. The highest BCUT2D eigenvalue weighted by molar-refractivity contribution is 5.74. The fraction of sp³-hybridized carbons (Fsp3) is 0.941. The van der Waals surface area contributed by atoms with Crippen LogP contribution in [0.2, 0.25) is 0 Å². The van der Waals surface area contributed by atoms with Crippen molar-refractivity contribution in [3.63, 3.8) is 0 Å². The Morgan fingerprint density at radius 3 is 2.45 bits per heavy atom. The van der Waals surface area contributed by atoms with Gasteiger partial charge in [-0.3, -0.25) is 4.90 Å². The largest absolute Gasteiger partial charge is 0.393 e. The predicted octanol–water partition coefficient (Wildman–Crippen LogP) is 1.91. The number of rotatable bonds is 5. The molecule has 128 valence electrons. The Morgan fingerprint density at radius 1 is 1.18 bits per heavy atom. The van der Waals surface area contributed by atoms with Crippen molar-refractivity contribution in [2.24, 2.45) is 11.8 Å². The highest BCUT2D eigenvalue weighted by Gasteiger charge is 2.28. The van der Waals surface area contributed by atoms with Gasteiger partial charge in [0, 0.05) is 32.2 Å². The number of aliphatic hydroxyl groups excluding tert-OH is 1. The van der Waals surface area contributed by atoms with E-state index in [1.54, 1.807) is 0 Å². The van der Waals surface area contributed by atoms with Gasteiger partial charge >= 0.3 is 6.03 Å². The minimum absolute atomic E-state index is 0.0699. The number of piperidine rings is 1. The molecule has 0 aromatic carbocycles. The first-order chi connectivity index (χ1) is 10.5. The van der Waals surface area contributed by atoms with Crippen molar-refractivity contribution >= 4 is 6.03 Å². The van der Waals surface area contributed by atoms with Crippen LogP contribution in [0.25, 0.3) is 0 Å². The third kappa shape index (κ3) is 4.85. The second-order valence-corrected chi connectivity index (χ2v) is 7.44. The van der Waals surface area contributed by atoms with Crippen LogP contribution in [0, 0.1) is 11.8 Å². The van der Waals surface area contributed by atoms with Gasteiger partial charge in [0.15, 0.2) is 0 Å². The number of hydrogen-bond acceptors (Lipinski definition) is 3. The zero-order chi connectivity index (χ0) is 16.1. The number of urea groups is 1. The van der Waals surface area contributed by atoms with Crippen LogP contribution < -0.4 is 5.32 Å². The number of likely N-dealkylation sites (tertiary alicyclic amines) is 2. The van der Waals surface area contributed by atoms with E-state index in [-0.39, 0.29) is 12.1 Å². The van der Waals surface area contributed by atoms with Crippen LogP contribution in [0.5, 0.6) is 0 Å². The van der Waals surface area contributed by atoms with E-state index in [1.807, 2.05) is 11.8 Å². The molecule has 0 aliphatic carbocycles. The Morgan fingerprint density at radius 2 is 1.86 bits per heavy atom. The Balaban J connectivity index is 1.71. The second-order valence-electron chi connectivity index (χ2n) is 7.44. The van der Waals surface area contributed by atoms with Crippen LogP contribution in [0.1, 0.15) is 46.5 Å². The van der Waals surface area contributed by atoms with E-state index in [0.717, 1.165) is 39.0 Å². The first-order valence-corrected chi connectivity index (χ1v) is 8.92. The normalized spacial score (nSPS) is 25.7. The van der Waals surface area contributed by atoms with Gasteiger partial charge in [-0.25, -0.2) is 4.79 Å². The summed E-state index contributed by atoms with van der Waals surface area (Å²) in [4.78, 5) is 16.7. The van der Waals surface area contributed by atoms with Crippen molar-refractivity contribution in [2.75, 3.05) is 32.7 Å². The smallest absolute Gasteiger partial charge is 0.317 e. The van der Waals surface area contributed by atoms with Gasteiger partial charge in [-0.15, -0.1) is 0 Å². The summed E-state index contributed by atoms with van der Waals surface area (Å²) in [6.45, 7) is 10.9. The monoisotopic (exact) mass is 311 g/mol. The SMILES string of the molecule is CC(C)CN1CCC[C@H]1CNC(=O)N1CCC(C(C)O)CC1. The fourth-order valence-electron chi connectivity index (χ4n) is 3.74. The Bertz CT molecular complexity index is 352. The Kier molecular flexibility index (Phi) is 6.50. The molecule has 2 aliphatic rings. The van der Waals surface area contributed by atoms with Crippen LogP contribution in [-0.4, -0.2) is 65.8 Å². The standard InChI is InChI=1S/C17H33N3O2/c1-13(2)12-20-8-4-5-16(20)11-18-17(22)19-9-6-15(7-10-19)14(3)21/h13-16,21H,4-12H2,1-3H3,(H,18,22)/t14?,16-/m0/s1. The molecule has 2 rings (SSSR count). The van der Waals surface area contributed by atoms with Crippen LogP contribution in [-0.2, 0) is 0 Å². The summed E-state index contributed by atoms with van der Waals surface area (Å²) >= 11 is 0. The molecule has 0 radical (unpaired) electrons. The van der Waals surface area contributed by atoms with Gasteiger partial charge in [-0.05, 0) is 51.0 Å². The fourth-order valence-corrected chi connectivity index (χ4v) is 3.74. The average Bonchev–Trinajstić information content (AvgIpc) is 2.91. The number of amides is 2. The summed E-state index contributed by atoms with van der Waals surface area (Å²) < 4.78 is 0. The molecule has 2 amide bonds. The molecule has 2 saturated heterocycles. The molecule has 0 aromatic heterocycles. The summed E-state index contributed by atoms with van der Waals surface area (Å²) in [7, 11) is 0. The van der Waals surface area contributed by atoms with Gasteiger partial charge in [-0.1, -0.05) is 13.8 Å². The minimum atomic E-state index is -0.256. The van der Waals surface area contributed by atoms with Crippen molar-refractivity contribution in [3.8, 4) is 0 Å². The molecule has 22 heavy (non-hydrogen) atoms. The van der Waals surface area contributed by atoms with Crippen LogP contribution >= 0.6 is 0 Å². The van der Waals surface area contributed by atoms with Crippen molar-refractivity contribution in [2.45, 2.75) is 58.6 Å². The maximum Gasteiger partial charge on any atom is 0.317 e. The Labute approximate surface area is 135 Å². The molecule has 0 saturated carbocycles. The quantitative estimate of drug-likeness (QED) is 0.815. The zero-order valence-corrected chi connectivity index (χ0v) is 14.4. The first kappa shape index (κ1) is 17.5. The van der Waals surface area contributed by atoms with Crippen molar-refractivity contribution < 1.29 is 9.90 Å². The maximum absolute atomic E-state index is 12.3. The summed E-state index contributed by atoms with van der Waals surface area (Å²) in [5.74, 6) is 1.02. The van der Waals surface area contributed by atoms with Gasteiger partial charge in [0.2, 0.25) is 0 Å². The topological polar surface area (TPSA) is 55.8 Å².